The Morgan fingerprint density at radius 2 is 1.52 bits per heavy atom. The second kappa shape index (κ2) is 9.02. The molecule has 0 amide bonds. The van der Waals surface area contributed by atoms with Crippen molar-refractivity contribution in [1.82, 2.24) is 0 Å². The maximum Gasteiger partial charge on any atom is 0.123 e. The summed E-state index contributed by atoms with van der Waals surface area (Å²) >= 11 is 3.45. The minimum Gasteiger partial charge on any atom is -0.497 e. The van der Waals surface area contributed by atoms with Crippen LogP contribution in [0.1, 0.15) is 29.7 Å². The van der Waals surface area contributed by atoms with Gasteiger partial charge in [-0.3, -0.25) is 0 Å². The molecule has 2 atom stereocenters. The highest BCUT2D eigenvalue weighted by molar-refractivity contribution is 9.10. The zero-order valence-corrected chi connectivity index (χ0v) is 16.5. The van der Waals surface area contributed by atoms with Crippen LogP contribution in [0.4, 0.5) is 10.1 Å². The molecule has 0 saturated carbocycles. The molecular weight excluding hydrogens is 409 g/mol. The van der Waals surface area contributed by atoms with Crippen LogP contribution in [-0.2, 0) is 0 Å². The first-order chi connectivity index (χ1) is 13.0. The Hall–Kier alpha value is -2.37. The van der Waals surface area contributed by atoms with Gasteiger partial charge in [0, 0.05) is 16.6 Å². The van der Waals surface area contributed by atoms with Crippen molar-refractivity contribution in [3.05, 3.63) is 94.2 Å². The quantitative estimate of drug-likeness (QED) is 0.493. The largest absolute Gasteiger partial charge is 0.497 e. The van der Waals surface area contributed by atoms with E-state index in [1.54, 1.807) is 19.2 Å². The van der Waals surface area contributed by atoms with Gasteiger partial charge in [-0.15, -0.1) is 0 Å². The van der Waals surface area contributed by atoms with Gasteiger partial charge < -0.3 is 15.2 Å². The third kappa shape index (κ3) is 5.31. The number of hydrogen-bond donors (Lipinski definition) is 2. The van der Waals surface area contributed by atoms with E-state index in [1.165, 1.54) is 12.1 Å². The van der Waals surface area contributed by atoms with Gasteiger partial charge in [0.1, 0.15) is 11.6 Å². The van der Waals surface area contributed by atoms with Gasteiger partial charge in [0.05, 0.1) is 19.3 Å². The molecule has 0 fully saturated rings. The number of aliphatic hydroxyl groups is 1. The standard InChI is InChI=1S/C22H21BrFNO2/c1-27-20-12-10-19(11-13-20)25-21(15-2-6-17(23)7-3-15)14-22(26)16-4-8-18(24)9-5-16/h2-13,21-22,25-26H,14H2,1H3. The van der Waals surface area contributed by atoms with E-state index in [2.05, 4.69) is 21.2 Å². The molecule has 27 heavy (non-hydrogen) atoms. The van der Waals surface area contributed by atoms with Crippen LogP contribution in [0.5, 0.6) is 5.75 Å². The molecule has 3 rings (SSSR count). The second-order valence-electron chi connectivity index (χ2n) is 6.28. The van der Waals surface area contributed by atoms with E-state index < -0.39 is 6.10 Å². The summed E-state index contributed by atoms with van der Waals surface area (Å²) in [6.45, 7) is 0. The van der Waals surface area contributed by atoms with Crippen LogP contribution in [0.3, 0.4) is 0 Å². The van der Waals surface area contributed by atoms with Crippen LogP contribution in [0.2, 0.25) is 0 Å². The topological polar surface area (TPSA) is 41.5 Å². The van der Waals surface area contributed by atoms with Gasteiger partial charge in [-0.2, -0.15) is 0 Å². The Labute approximate surface area is 166 Å². The molecule has 0 aromatic heterocycles. The zero-order valence-electron chi connectivity index (χ0n) is 14.9. The van der Waals surface area contributed by atoms with E-state index in [4.69, 9.17) is 4.74 Å². The fourth-order valence-corrected chi connectivity index (χ4v) is 3.17. The lowest BCUT2D eigenvalue weighted by Gasteiger charge is -2.24. The van der Waals surface area contributed by atoms with Gasteiger partial charge in [0.2, 0.25) is 0 Å². The molecule has 3 nitrogen and oxygen atoms in total. The number of benzene rings is 3. The summed E-state index contributed by atoms with van der Waals surface area (Å²) in [4.78, 5) is 0. The van der Waals surface area contributed by atoms with Crippen LogP contribution < -0.4 is 10.1 Å². The molecule has 0 aliphatic rings. The van der Waals surface area contributed by atoms with Crippen molar-refractivity contribution in [3.8, 4) is 5.75 Å². The highest BCUT2D eigenvalue weighted by Gasteiger charge is 2.18. The number of methoxy groups -OCH3 is 1. The van der Waals surface area contributed by atoms with Crippen LogP contribution in [0.25, 0.3) is 0 Å². The van der Waals surface area contributed by atoms with Crippen molar-refractivity contribution in [2.45, 2.75) is 18.6 Å². The molecule has 0 aliphatic heterocycles. The number of rotatable bonds is 7. The predicted octanol–water partition coefficient (Wildman–Crippen LogP) is 5.87. The maximum atomic E-state index is 13.2. The fourth-order valence-electron chi connectivity index (χ4n) is 2.91. The van der Waals surface area contributed by atoms with E-state index in [0.29, 0.717) is 12.0 Å². The van der Waals surface area contributed by atoms with Crippen molar-refractivity contribution in [1.29, 1.82) is 0 Å². The lowest BCUT2D eigenvalue weighted by Crippen LogP contribution is -2.15. The Bertz CT molecular complexity index is 851. The lowest BCUT2D eigenvalue weighted by molar-refractivity contribution is 0.160. The van der Waals surface area contributed by atoms with Crippen molar-refractivity contribution >= 4 is 21.6 Å². The number of aliphatic hydroxyl groups excluding tert-OH is 1. The first-order valence-corrected chi connectivity index (χ1v) is 9.44. The third-order valence-corrected chi connectivity index (χ3v) is 4.95. The Morgan fingerprint density at radius 3 is 2.11 bits per heavy atom. The molecule has 2 N–H and O–H groups in total. The van der Waals surface area contributed by atoms with Crippen LogP contribution in [0.15, 0.2) is 77.3 Å². The molecule has 0 saturated heterocycles. The van der Waals surface area contributed by atoms with Gasteiger partial charge in [-0.05, 0) is 59.7 Å². The molecule has 0 spiro atoms. The molecule has 0 bridgehead atoms. The normalized spacial score (nSPS) is 13.0. The van der Waals surface area contributed by atoms with Gasteiger partial charge in [0.15, 0.2) is 0 Å². The summed E-state index contributed by atoms with van der Waals surface area (Å²) in [6.07, 6.45) is -0.274. The molecule has 0 radical (unpaired) electrons. The predicted molar refractivity (Wildman–Crippen MR) is 109 cm³/mol. The minimum atomic E-state index is -0.718. The molecule has 5 heteroatoms. The highest BCUT2D eigenvalue weighted by atomic mass is 79.9. The van der Waals surface area contributed by atoms with Gasteiger partial charge in [0.25, 0.3) is 0 Å². The average molecular weight is 430 g/mol. The van der Waals surface area contributed by atoms with E-state index >= 15 is 0 Å². The van der Waals surface area contributed by atoms with Gasteiger partial charge in [-0.1, -0.05) is 40.2 Å². The highest BCUT2D eigenvalue weighted by Crippen LogP contribution is 2.31. The Kier molecular flexibility index (Phi) is 6.48. The Morgan fingerprint density at radius 1 is 0.926 bits per heavy atom. The van der Waals surface area contributed by atoms with Crippen LogP contribution in [0, 0.1) is 5.82 Å². The third-order valence-electron chi connectivity index (χ3n) is 4.42. The summed E-state index contributed by atoms with van der Waals surface area (Å²) in [5.41, 5.74) is 2.67. The second-order valence-corrected chi connectivity index (χ2v) is 7.20. The number of hydrogen-bond acceptors (Lipinski definition) is 3. The molecule has 140 valence electrons. The molecule has 3 aromatic rings. The summed E-state index contributed by atoms with van der Waals surface area (Å²) in [6, 6.07) is 21.5. The van der Waals surface area contributed by atoms with Crippen molar-refractivity contribution in [2.24, 2.45) is 0 Å². The van der Waals surface area contributed by atoms with Crippen molar-refractivity contribution in [2.75, 3.05) is 12.4 Å². The number of ether oxygens (including phenoxy) is 1. The first-order valence-electron chi connectivity index (χ1n) is 8.65. The van der Waals surface area contributed by atoms with E-state index in [1.807, 2.05) is 48.5 Å². The monoisotopic (exact) mass is 429 g/mol. The number of halogens is 2. The van der Waals surface area contributed by atoms with Gasteiger partial charge >= 0.3 is 0 Å². The SMILES string of the molecule is COc1ccc(NC(CC(O)c2ccc(F)cc2)c2ccc(Br)cc2)cc1. The molecule has 3 aromatic carbocycles. The summed E-state index contributed by atoms with van der Waals surface area (Å²) in [7, 11) is 1.63. The van der Waals surface area contributed by atoms with E-state index in [9.17, 15) is 9.50 Å². The maximum absolute atomic E-state index is 13.2. The molecule has 0 heterocycles. The lowest BCUT2D eigenvalue weighted by atomic mass is 9.96. The summed E-state index contributed by atoms with van der Waals surface area (Å²) in [5.74, 6) is 0.471. The van der Waals surface area contributed by atoms with Crippen LogP contribution >= 0.6 is 15.9 Å². The van der Waals surface area contributed by atoms with Crippen LogP contribution in [-0.4, -0.2) is 12.2 Å². The van der Waals surface area contributed by atoms with Gasteiger partial charge in [-0.25, -0.2) is 4.39 Å². The summed E-state index contributed by atoms with van der Waals surface area (Å²) in [5, 5.41) is 14.1. The van der Waals surface area contributed by atoms with Crippen molar-refractivity contribution in [3.63, 3.8) is 0 Å². The number of anilines is 1. The fraction of sp³-hybridized carbons (Fsp3) is 0.182. The number of nitrogens with one attached hydrogen (secondary N) is 1. The Balaban J connectivity index is 1.82. The van der Waals surface area contributed by atoms with E-state index in [0.717, 1.165) is 21.5 Å². The zero-order chi connectivity index (χ0) is 19.2. The van der Waals surface area contributed by atoms with E-state index in [-0.39, 0.29) is 11.9 Å². The van der Waals surface area contributed by atoms with Crippen molar-refractivity contribution < 1.29 is 14.2 Å². The molecule has 0 aliphatic carbocycles. The molecular formula is C22H21BrFNO2. The molecule has 2 unspecified atom stereocenters. The smallest absolute Gasteiger partial charge is 0.123 e. The first kappa shape index (κ1) is 19.4. The average Bonchev–Trinajstić information content (AvgIpc) is 2.69. The minimum absolute atomic E-state index is 0.119. The summed E-state index contributed by atoms with van der Waals surface area (Å²) < 4.78 is 19.4.